The molecule has 0 radical (unpaired) electrons. The van der Waals surface area contributed by atoms with Gasteiger partial charge in [0, 0.05) is 24.4 Å². The van der Waals surface area contributed by atoms with Crippen LogP contribution in [0.3, 0.4) is 0 Å². The number of ketones is 1. The number of amides is 1. The van der Waals surface area contributed by atoms with Gasteiger partial charge in [-0.15, -0.1) is 0 Å². The smallest absolute Gasteiger partial charge is 0.255 e. The van der Waals surface area contributed by atoms with Crippen molar-refractivity contribution in [2.45, 2.75) is 64.0 Å². The van der Waals surface area contributed by atoms with E-state index in [1.165, 1.54) is 0 Å². The van der Waals surface area contributed by atoms with Crippen molar-refractivity contribution in [3.8, 4) is 5.75 Å². The number of carbonyl (C=O) groups excluding carboxylic acids is 2. The third kappa shape index (κ3) is 4.88. The molecule has 6 nitrogen and oxygen atoms in total. The van der Waals surface area contributed by atoms with Gasteiger partial charge in [0.1, 0.15) is 11.5 Å². The lowest BCUT2D eigenvalue weighted by Crippen LogP contribution is -2.38. The van der Waals surface area contributed by atoms with Crippen LogP contribution in [-0.4, -0.2) is 36.1 Å². The molecule has 0 aliphatic heterocycles. The molecule has 0 unspecified atom stereocenters. The van der Waals surface area contributed by atoms with Crippen molar-refractivity contribution in [2.75, 3.05) is 7.11 Å². The Labute approximate surface area is 171 Å². The average Bonchev–Trinajstić information content (AvgIpc) is 3.20. The second kappa shape index (κ2) is 9.27. The number of hydrogen-bond donors (Lipinski definition) is 2. The molecule has 3 rings (SSSR count). The van der Waals surface area contributed by atoms with Crippen molar-refractivity contribution in [1.29, 1.82) is 0 Å². The van der Waals surface area contributed by atoms with Crippen molar-refractivity contribution in [3.05, 3.63) is 53.0 Å². The molecular formula is C23H29NO5. The average molecular weight is 399 g/mol. The first-order chi connectivity index (χ1) is 13.9. The van der Waals surface area contributed by atoms with E-state index in [2.05, 4.69) is 5.32 Å². The minimum atomic E-state index is -0.281. The van der Waals surface area contributed by atoms with E-state index in [0.717, 1.165) is 24.2 Å². The summed E-state index contributed by atoms with van der Waals surface area (Å²) in [5, 5.41) is 12.7. The topological polar surface area (TPSA) is 88.8 Å². The van der Waals surface area contributed by atoms with Crippen molar-refractivity contribution in [2.24, 2.45) is 0 Å². The molecule has 0 bridgehead atoms. The van der Waals surface area contributed by atoms with Gasteiger partial charge in [0.25, 0.3) is 5.91 Å². The molecule has 1 heterocycles. The molecule has 1 amide bonds. The Morgan fingerprint density at radius 3 is 2.45 bits per heavy atom. The largest absolute Gasteiger partial charge is 0.497 e. The Morgan fingerprint density at radius 2 is 1.86 bits per heavy atom. The normalized spacial score (nSPS) is 20.1. The number of methoxy groups -OCH3 is 1. The van der Waals surface area contributed by atoms with Gasteiger partial charge in [0.05, 0.1) is 18.8 Å². The van der Waals surface area contributed by atoms with E-state index < -0.39 is 0 Å². The third-order valence-corrected chi connectivity index (χ3v) is 5.64. The maximum atomic E-state index is 13.0. The molecule has 2 aromatic rings. The van der Waals surface area contributed by atoms with Crippen LogP contribution in [0.2, 0.25) is 0 Å². The Bertz CT molecular complexity index is 847. The van der Waals surface area contributed by atoms with Crippen LogP contribution >= 0.6 is 0 Å². The van der Waals surface area contributed by atoms with Crippen LogP contribution < -0.4 is 10.1 Å². The molecule has 6 heteroatoms. The molecule has 1 aliphatic carbocycles. The summed E-state index contributed by atoms with van der Waals surface area (Å²) >= 11 is 0. The lowest BCUT2D eigenvalue weighted by Gasteiger charge is -2.26. The number of benzene rings is 1. The van der Waals surface area contributed by atoms with Gasteiger partial charge in [-0.2, -0.15) is 0 Å². The lowest BCUT2D eigenvalue weighted by atomic mass is 9.92. The van der Waals surface area contributed by atoms with Crippen molar-refractivity contribution in [1.82, 2.24) is 5.32 Å². The summed E-state index contributed by atoms with van der Waals surface area (Å²) < 4.78 is 11.1. The SMILES string of the molecule is CCC(=O)c1cc(C(=O)NC2CCC(O)CC2)c([C@@H](C)c2ccc(OC)cc2)o1. The predicted octanol–water partition coefficient (Wildman–Crippen LogP) is 4.07. The summed E-state index contributed by atoms with van der Waals surface area (Å²) in [5.74, 6) is 0.883. The van der Waals surface area contributed by atoms with Crippen molar-refractivity contribution in [3.63, 3.8) is 0 Å². The van der Waals surface area contributed by atoms with E-state index in [4.69, 9.17) is 9.15 Å². The van der Waals surface area contributed by atoms with Crippen LogP contribution in [-0.2, 0) is 0 Å². The van der Waals surface area contributed by atoms with Gasteiger partial charge in [-0.1, -0.05) is 26.0 Å². The molecule has 156 valence electrons. The minimum Gasteiger partial charge on any atom is -0.497 e. The van der Waals surface area contributed by atoms with E-state index in [-0.39, 0.29) is 35.5 Å². The van der Waals surface area contributed by atoms with Crippen LogP contribution in [0, 0.1) is 0 Å². The first kappa shape index (κ1) is 21.1. The summed E-state index contributed by atoms with van der Waals surface area (Å²) in [6, 6.07) is 9.17. The second-order valence-electron chi connectivity index (χ2n) is 7.64. The maximum Gasteiger partial charge on any atom is 0.255 e. The number of carbonyl (C=O) groups is 2. The first-order valence-electron chi connectivity index (χ1n) is 10.2. The molecule has 0 saturated heterocycles. The van der Waals surface area contributed by atoms with Crippen molar-refractivity contribution < 1.29 is 23.8 Å². The van der Waals surface area contributed by atoms with E-state index in [1.54, 1.807) is 20.1 Å². The molecule has 1 atom stereocenters. The predicted molar refractivity (Wildman–Crippen MR) is 110 cm³/mol. The van der Waals surface area contributed by atoms with Gasteiger partial charge in [-0.05, 0) is 43.4 Å². The Balaban J connectivity index is 1.87. The number of nitrogens with one attached hydrogen (secondary N) is 1. The molecule has 1 saturated carbocycles. The Hall–Kier alpha value is -2.60. The molecule has 2 N–H and O–H groups in total. The zero-order chi connectivity index (χ0) is 21.0. The van der Waals surface area contributed by atoms with E-state index in [1.807, 2.05) is 31.2 Å². The standard InChI is InChI=1S/C23H29NO5/c1-4-20(26)21-13-19(23(27)24-16-7-9-17(25)10-8-16)22(29-21)14(2)15-5-11-18(28-3)12-6-15/h5-6,11-14,16-17,25H,4,7-10H2,1-3H3,(H,24,27)/t14-,16?,17?/m0/s1. The highest BCUT2D eigenvalue weighted by atomic mass is 16.5. The molecule has 0 spiro atoms. The quantitative estimate of drug-likeness (QED) is 0.685. The molecule has 1 aromatic heterocycles. The zero-order valence-electron chi connectivity index (χ0n) is 17.2. The van der Waals surface area contributed by atoms with Gasteiger partial charge in [0.15, 0.2) is 11.5 Å². The highest BCUT2D eigenvalue weighted by Crippen LogP contribution is 2.31. The van der Waals surface area contributed by atoms with Crippen LogP contribution in [0.5, 0.6) is 5.75 Å². The van der Waals surface area contributed by atoms with Crippen LogP contribution in [0.15, 0.2) is 34.7 Å². The number of aliphatic hydroxyl groups is 1. The number of rotatable bonds is 7. The van der Waals surface area contributed by atoms with Gasteiger partial charge >= 0.3 is 0 Å². The van der Waals surface area contributed by atoms with E-state index in [9.17, 15) is 14.7 Å². The second-order valence-corrected chi connectivity index (χ2v) is 7.64. The zero-order valence-corrected chi connectivity index (χ0v) is 17.2. The number of ether oxygens (including phenoxy) is 1. The number of Topliss-reactive ketones (excluding diaryl/α,β-unsaturated/α-hetero) is 1. The molecule has 1 aromatic carbocycles. The monoisotopic (exact) mass is 399 g/mol. The Morgan fingerprint density at radius 1 is 1.21 bits per heavy atom. The summed E-state index contributed by atoms with van der Waals surface area (Å²) in [4.78, 5) is 25.2. The van der Waals surface area contributed by atoms with Gasteiger partial charge in [-0.3, -0.25) is 9.59 Å². The summed E-state index contributed by atoms with van der Waals surface area (Å²) in [6.07, 6.45) is 2.89. The number of furan rings is 1. The first-order valence-corrected chi connectivity index (χ1v) is 10.2. The maximum absolute atomic E-state index is 13.0. The highest BCUT2D eigenvalue weighted by Gasteiger charge is 2.28. The molecule has 1 aliphatic rings. The van der Waals surface area contributed by atoms with Gasteiger partial charge in [0.2, 0.25) is 0 Å². The van der Waals surface area contributed by atoms with Crippen LogP contribution in [0.4, 0.5) is 0 Å². The summed E-state index contributed by atoms with van der Waals surface area (Å²) in [6.45, 7) is 3.72. The van der Waals surface area contributed by atoms with Crippen molar-refractivity contribution >= 4 is 11.7 Å². The number of aliphatic hydroxyl groups excluding tert-OH is 1. The van der Waals surface area contributed by atoms with Crippen LogP contribution in [0.1, 0.15) is 84.1 Å². The minimum absolute atomic E-state index is 0.0234. The van der Waals surface area contributed by atoms with Crippen LogP contribution in [0.25, 0.3) is 0 Å². The highest BCUT2D eigenvalue weighted by molar-refractivity contribution is 6.00. The molecule has 29 heavy (non-hydrogen) atoms. The fourth-order valence-corrected chi connectivity index (χ4v) is 3.74. The fraction of sp³-hybridized carbons (Fsp3) is 0.478. The lowest BCUT2D eigenvalue weighted by molar-refractivity contribution is 0.0865. The summed E-state index contributed by atoms with van der Waals surface area (Å²) in [5.41, 5.74) is 1.36. The molecule has 1 fully saturated rings. The fourth-order valence-electron chi connectivity index (χ4n) is 3.74. The Kier molecular flexibility index (Phi) is 6.75. The third-order valence-electron chi connectivity index (χ3n) is 5.64. The number of hydrogen-bond acceptors (Lipinski definition) is 5. The van der Waals surface area contributed by atoms with Gasteiger partial charge < -0.3 is 19.6 Å². The van der Waals surface area contributed by atoms with Gasteiger partial charge in [-0.25, -0.2) is 0 Å². The molecular weight excluding hydrogens is 370 g/mol. The summed E-state index contributed by atoms with van der Waals surface area (Å²) in [7, 11) is 1.61. The van der Waals surface area contributed by atoms with E-state index >= 15 is 0 Å². The van der Waals surface area contributed by atoms with E-state index in [0.29, 0.717) is 30.6 Å².